The van der Waals surface area contributed by atoms with Crippen molar-refractivity contribution < 1.29 is 19.1 Å². The van der Waals surface area contributed by atoms with Gasteiger partial charge in [-0.3, -0.25) is 4.79 Å². The van der Waals surface area contributed by atoms with Crippen molar-refractivity contribution in [3.05, 3.63) is 35.1 Å². The molecule has 0 aromatic heterocycles. The van der Waals surface area contributed by atoms with Gasteiger partial charge < -0.3 is 10.0 Å². The molecule has 2 rings (SSSR count). The van der Waals surface area contributed by atoms with Crippen LogP contribution in [0, 0.1) is 5.82 Å². The molecular formula is C12H12FNO3. The molecule has 0 spiro atoms. The summed E-state index contributed by atoms with van der Waals surface area (Å²) in [5.41, 5.74) is 1.16. The maximum absolute atomic E-state index is 13.1. The zero-order valence-electron chi connectivity index (χ0n) is 9.31. The molecule has 0 saturated heterocycles. The third kappa shape index (κ3) is 2.00. The lowest BCUT2D eigenvalue weighted by Gasteiger charge is -2.34. The summed E-state index contributed by atoms with van der Waals surface area (Å²) in [7, 11) is 0. The Balaban J connectivity index is 2.49. The van der Waals surface area contributed by atoms with E-state index in [-0.39, 0.29) is 11.7 Å². The first-order chi connectivity index (χ1) is 8.00. The maximum atomic E-state index is 13.1. The first-order valence-corrected chi connectivity index (χ1v) is 5.29. The van der Waals surface area contributed by atoms with E-state index in [0.29, 0.717) is 24.1 Å². The Morgan fingerprint density at radius 2 is 2.18 bits per heavy atom. The number of halogens is 1. The Bertz CT molecular complexity index is 487. The topological polar surface area (TPSA) is 57.6 Å². The molecule has 1 amide bonds. The molecule has 0 radical (unpaired) electrons. The summed E-state index contributed by atoms with van der Waals surface area (Å²) < 4.78 is 13.1. The molecule has 0 bridgehead atoms. The van der Waals surface area contributed by atoms with E-state index in [1.807, 2.05) is 0 Å². The van der Waals surface area contributed by atoms with Crippen molar-refractivity contribution in [3.63, 3.8) is 0 Å². The minimum atomic E-state index is -1.09. The van der Waals surface area contributed by atoms with Crippen LogP contribution in [0.2, 0.25) is 0 Å². The monoisotopic (exact) mass is 237 g/mol. The van der Waals surface area contributed by atoms with Crippen LogP contribution in [0.15, 0.2) is 18.2 Å². The number of carboxylic acid groups (broad SMARTS) is 1. The number of hydrogen-bond donors (Lipinski definition) is 1. The van der Waals surface area contributed by atoms with Crippen LogP contribution in [0.25, 0.3) is 0 Å². The maximum Gasteiger partial charge on any atom is 0.331 e. The van der Waals surface area contributed by atoms with Gasteiger partial charge in [0.2, 0.25) is 5.91 Å². The lowest BCUT2D eigenvalue weighted by Crippen LogP contribution is -2.42. The van der Waals surface area contributed by atoms with Crippen molar-refractivity contribution in [2.75, 3.05) is 6.54 Å². The fourth-order valence-corrected chi connectivity index (χ4v) is 2.20. The highest BCUT2D eigenvalue weighted by Crippen LogP contribution is 2.30. The number of nitrogens with zero attached hydrogens (tertiary/aromatic N) is 1. The molecule has 1 aliphatic heterocycles. The first-order valence-electron chi connectivity index (χ1n) is 5.29. The summed E-state index contributed by atoms with van der Waals surface area (Å²) in [6.45, 7) is 1.65. The largest absolute Gasteiger partial charge is 0.479 e. The molecule has 1 aromatic carbocycles. The molecule has 1 heterocycles. The van der Waals surface area contributed by atoms with Gasteiger partial charge in [0, 0.05) is 13.5 Å². The van der Waals surface area contributed by atoms with Gasteiger partial charge in [-0.1, -0.05) is 6.07 Å². The van der Waals surface area contributed by atoms with E-state index in [0.717, 1.165) is 0 Å². The molecular weight excluding hydrogens is 225 g/mol. The van der Waals surface area contributed by atoms with Gasteiger partial charge in [-0.2, -0.15) is 0 Å². The highest BCUT2D eigenvalue weighted by atomic mass is 19.1. The molecule has 0 fully saturated rings. The lowest BCUT2D eigenvalue weighted by molar-refractivity contribution is -0.150. The third-order valence-corrected chi connectivity index (χ3v) is 2.97. The van der Waals surface area contributed by atoms with Crippen LogP contribution in [0.3, 0.4) is 0 Å². The number of fused-ring (bicyclic) bond motifs is 1. The second-order valence-electron chi connectivity index (χ2n) is 4.05. The molecule has 1 atom stereocenters. The SMILES string of the molecule is CC(=O)N1CCc2cc(F)ccc2C1C(=O)O. The molecule has 1 aliphatic rings. The summed E-state index contributed by atoms with van der Waals surface area (Å²) in [5, 5.41) is 9.19. The summed E-state index contributed by atoms with van der Waals surface area (Å²) in [5.74, 6) is -1.76. The van der Waals surface area contributed by atoms with Crippen molar-refractivity contribution in [2.45, 2.75) is 19.4 Å². The molecule has 4 nitrogen and oxygen atoms in total. The van der Waals surface area contributed by atoms with Gasteiger partial charge in [-0.15, -0.1) is 0 Å². The molecule has 0 aliphatic carbocycles. The van der Waals surface area contributed by atoms with Gasteiger partial charge >= 0.3 is 5.97 Å². The summed E-state index contributed by atoms with van der Waals surface area (Å²) in [6.07, 6.45) is 0.483. The highest BCUT2D eigenvalue weighted by Gasteiger charge is 2.34. The lowest BCUT2D eigenvalue weighted by atomic mass is 9.92. The van der Waals surface area contributed by atoms with Gasteiger partial charge in [0.1, 0.15) is 5.82 Å². The number of amides is 1. The smallest absolute Gasteiger partial charge is 0.331 e. The van der Waals surface area contributed by atoms with E-state index in [2.05, 4.69) is 0 Å². The minimum absolute atomic E-state index is 0.285. The number of hydrogen-bond acceptors (Lipinski definition) is 2. The van der Waals surface area contributed by atoms with Crippen molar-refractivity contribution in [2.24, 2.45) is 0 Å². The van der Waals surface area contributed by atoms with E-state index in [1.54, 1.807) is 0 Å². The van der Waals surface area contributed by atoms with Gasteiger partial charge in [-0.25, -0.2) is 9.18 Å². The van der Waals surface area contributed by atoms with Crippen molar-refractivity contribution in [1.29, 1.82) is 0 Å². The molecule has 90 valence electrons. The van der Waals surface area contributed by atoms with Crippen LogP contribution >= 0.6 is 0 Å². The molecule has 5 heteroatoms. The quantitative estimate of drug-likeness (QED) is 0.802. The van der Waals surface area contributed by atoms with E-state index in [4.69, 9.17) is 0 Å². The van der Waals surface area contributed by atoms with Gasteiger partial charge in [-0.05, 0) is 29.7 Å². The normalized spacial score (nSPS) is 18.7. The van der Waals surface area contributed by atoms with Crippen LogP contribution in [0.5, 0.6) is 0 Å². The van der Waals surface area contributed by atoms with E-state index in [9.17, 15) is 19.1 Å². The standard InChI is InChI=1S/C12H12FNO3/c1-7(15)14-5-4-8-6-9(13)2-3-10(8)11(14)12(16)17/h2-3,6,11H,4-5H2,1H3,(H,16,17). The predicted octanol–water partition coefficient (Wildman–Crippen LogP) is 1.36. The van der Waals surface area contributed by atoms with Crippen molar-refractivity contribution in [3.8, 4) is 0 Å². The number of carbonyl (C=O) groups excluding carboxylic acids is 1. The van der Waals surface area contributed by atoms with Crippen LogP contribution in [-0.2, 0) is 16.0 Å². The third-order valence-electron chi connectivity index (χ3n) is 2.97. The number of aliphatic carboxylic acids is 1. The van der Waals surface area contributed by atoms with Gasteiger partial charge in [0.25, 0.3) is 0 Å². The zero-order chi connectivity index (χ0) is 12.6. The Labute approximate surface area is 97.7 Å². The van der Waals surface area contributed by atoms with E-state index < -0.39 is 12.0 Å². The Morgan fingerprint density at radius 3 is 2.76 bits per heavy atom. The van der Waals surface area contributed by atoms with Crippen LogP contribution in [0.1, 0.15) is 24.1 Å². The number of carbonyl (C=O) groups is 2. The fraction of sp³-hybridized carbons (Fsp3) is 0.333. The molecule has 1 N–H and O–H groups in total. The Hall–Kier alpha value is -1.91. The second-order valence-corrected chi connectivity index (χ2v) is 4.05. The second kappa shape index (κ2) is 4.16. The minimum Gasteiger partial charge on any atom is -0.479 e. The number of rotatable bonds is 1. The van der Waals surface area contributed by atoms with Crippen LogP contribution < -0.4 is 0 Å². The molecule has 1 aromatic rings. The van der Waals surface area contributed by atoms with Gasteiger partial charge in [0.05, 0.1) is 0 Å². The predicted molar refractivity (Wildman–Crippen MR) is 57.9 cm³/mol. The average molecular weight is 237 g/mol. The van der Waals surface area contributed by atoms with Crippen LogP contribution in [-0.4, -0.2) is 28.4 Å². The highest BCUT2D eigenvalue weighted by molar-refractivity contribution is 5.84. The Morgan fingerprint density at radius 1 is 1.47 bits per heavy atom. The van der Waals surface area contributed by atoms with Crippen LogP contribution in [0.4, 0.5) is 4.39 Å². The van der Waals surface area contributed by atoms with Gasteiger partial charge in [0.15, 0.2) is 6.04 Å². The summed E-state index contributed by atoms with van der Waals surface area (Å²) >= 11 is 0. The molecule has 17 heavy (non-hydrogen) atoms. The summed E-state index contributed by atoms with van der Waals surface area (Å²) in [6, 6.07) is 3.00. The molecule has 0 saturated carbocycles. The van der Waals surface area contributed by atoms with Crippen molar-refractivity contribution >= 4 is 11.9 Å². The van der Waals surface area contributed by atoms with E-state index in [1.165, 1.54) is 30.0 Å². The zero-order valence-corrected chi connectivity index (χ0v) is 9.31. The fourth-order valence-electron chi connectivity index (χ4n) is 2.20. The Kier molecular flexibility index (Phi) is 2.83. The number of benzene rings is 1. The average Bonchev–Trinajstić information content (AvgIpc) is 2.26. The van der Waals surface area contributed by atoms with Crippen molar-refractivity contribution in [1.82, 2.24) is 4.90 Å². The van der Waals surface area contributed by atoms with E-state index >= 15 is 0 Å². The first kappa shape index (κ1) is 11.6. The summed E-state index contributed by atoms with van der Waals surface area (Å²) in [4.78, 5) is 23.9. The molecule has 1 unspecified atom stereocenters. The number of carboxylic acids is 1.